The molecule has 0 spiro atoms. The van der Waals surface area contributed by atoms with E-state index in [9.17, 15) is 18.0 Å². The molecule has 1 amide bonds. The molecule has 0 radical (unpaired) electrons. The number of rotatable bonds is 7. The summed E-state index contributed by atoms with van der Waals surface area (Å²) in [6, 6.07) is 13.9. The van der Waals surface area contributed by atoms with Gasteiger partial charge in [-0.05, 0) is 31.4 Å². The van der Waals surface area contributed by atoms with Crippen molar-refractivity contribution < 1.29 is 22.7 Å². The van der Waals surface area contributed by atoms with Crippen LogP contribution in [0.1, 0.15) is 29.5 Å². The van der Waals surface area contributed by atoms with Crippen LogP contribution in [0.4, 0.5) is 13.2 Å². The Morgan fingerprint density at radius 1 is 1.08 bits per heavy atom. The largest absolute Gasteiger partial charge is 0.573 e. The normalized spacial score (nSPS) is 11.2. The second-order valence-corrected chi connectivity index (χ2v) is 5.77. The van der Waals surface area contributed by atoms with Gasteiger partial charge in [0.05, 0.1) is 0 Å². The fourth-order valence-electron chi connectivity index (χ4n) is 2.36. The molecule has 0 aliphatic carbocycles. The summed E-state index contributed by atoms with van der Waals surface area (Å²) in [7, 11) is 0. The van der Waals surface area contributed by atoms with Crippen molar-refractivity contribution in [3.63, 3.8) is 0 Å². The van der Waals surface area contributed by atoms with Gasteiger partial charge in [0.2, 0.25) is 5.91 Å². The summed E-state index contributed by atoms with van der Waals surface area (Å²) >= 11 is 0. The first-order valence-corrected chi connectivity index (χ1v) is 7.99. The molecule has 3 nitrogen and oxygen atoms in total. The van der Waals surface area contributed by atoms with Gasteiger partial charge in [0.25, 0.3) is 0 Å². The molecular weight excluding hydrogens is 331 g/mol. The average molecular weight is 351 g/mol. The van der Waals surface area contributed by atoms with E-state index in [2.05, 4.69) is 10.1 Å². The predicted octanol–water partition coefficient (Wildman–Crippen LogP) is 4.53. The molecule has 0 fully saturated rings. The van der Waals surface area contributed by atoms with Crippen LogP contribution in [0.2, 0.25) is 0 Å². The number of nitrogens with one attached hydrogen (secondary N) is 1. The molecule has 2 aromatic rings. The molecule has 0 atom stereocenters. The van der Waals surface area contributed by atoms with Crippen molar-refractivity contribution >= 4 is 5.91 Å². The maximum atomic E-state index is 12.4. The van der Waals surface area contributed by atoms with Gasteiger partial charge >= 0.3 is 6.36 Å². The van der Waals surface area contributed by atoms with Crippen LogP contribution in [0.25, 0.3) is 0 Å². The lowest BCUT2D eigenvalue weighted by molar-refractivity contribution is -0.274. The van der Waals surface area contributed by atoms with Gasteiger partial charge in [0.15, 0.2) is 0 Å². The van der Waals surface area contributed by atoms with Gasteiger partial charge in [0, 0.05) is 18.5 Å². The van der Waals surface area contributed by atoms with Crippen molar-refractivity contribution in [2.24, 2.45) is 0 Å². The number of alkyl halides is 3. The van der Waals surface area contributed by atoms with Crippen LogP contribution >= 0.6 is 0 Å². The van der Waals surface area contributed by atoms with Crippen LogP contribution in [-0.2, 0) is 17.8 Å². The fraction of sp³-hybridized carbons (Fsp3) is 0.316. The highest BCUT2D eigenvalue weighted by atomic mass is 19.4. The number of ether oxygens (including phenoxy) is 1. The molecule has 0 saturated carbocycles. The van der Waals surface area contributed by atoms with Crippen molar-refractivity contribution in [3.8, 4) is 5.75 Å². The standard InChI is InChI=1S/C19H20F3NO2/c1-14-9-11-15(12-10-14)5-4-8-18(24)23-13-16-6-2-3-7-17(16)25-19(20,21)22/h2-3,6-7,9-12H,4-5,8,13H2,1H3,(H,23,24). The summed E-state index contributed by atoms with van der Waals surface area (Å²) in [6.07, 6.45) is -2.98. The molecule has 2 aromatic carbocycles. The van der Waals surface area contributed by atoms with E-state index in [1.54, 1.807) is 6.07 Å². The van der Waals surface area contributed by atoms with Gasteiger partial charge in [-0.1, -0.05) is 48.0 Å². The van der Waals surface area contributed by atoms with Crippen LogP contribution in [0.15, 0.2) is 48.5 Å². The Morgan fingerprint density at radius 2 is 1.76 bits per heavy atom. The number of hydrogen-bond acceptors (Lipinski definition) is 2. The highest BCUT2D eigenvalue weighted by molar-refractivity contribution is 5.75. The smallest absolute Gasteiger partial charge is 0.405 e. The third-order valence-electron chi connectivity index (χ3n) is 3.66. The first-order chi connectivity index (χ1) is 11.8. The zero-order valence-electron chi connectivity index (χ0n) is 13.9. The minimum Gasteiger partial charge on any atom is -0.405 e. The van der Waals surface area contributed by atoms with Gasteiger partial charge in [-0.15, -0.1) is 13.2 Å². The lowest BCUT2D eigenvalue weighted by atomic mass is 10.1. The SMILES string of the molecule is Cc1ccc(CCCC(=O)NCc2ccccc2OC(F)(F)F)cc1. The predicted molar refractivity (Wildman–Crippen MR) is 89.1 cm³/mol. The average Bonchev–Trinajstić information content (AvgIpc) is 2.54. The molecule has 6 heteroatoms. The minimum absolute atomic E-state index is 0.00435. The Hall–Kier alpha value is -2.50. The van der Waals surface area contributed by atoms with Crippen LogP contribution in [0.5, 0.6) is 5.75 Å². The van der Waals surface area contributed by atoms with E-state index < -0.39 is 6.36 Å². The summed E-state index contributed by atoms with van der Waals surface area (Å²) in [6.45, 7) is 2.01. The molecule has 0 aromatic heterocycles. The highest BCUT2D eigenvalue weighted by Gasteiger charge is 2.31. The van der Waals surface area contributed by atoms with E-state index in [0.717, 1.165) is 12.0 Å². The van der Waals surface area contributed by atoms with Crippen molar-refractivity contribution in [2.45, 2.75) is 39.1 Å². The summed E-state index contributed by atoms with van der Waals surface area (Å²) < 4.78 is 41.1. The lowest BCUT2D eigenvalue weighted by Gasteiger charge is -2.13. The van der Waals surface area contributed by atoms with Crippen LogP contribution in [0, 0.1) is 6.92 Å². The first-order valence-electron chi connectivity index (χ1n) is 7.99. The molecule has 25 heavy (non-hydrogen) atoms. The van der Waals surface area contributed by atoms with Crippen LogP contribution in [0.3, 0.4) is 0 Å². The van der Waals surface area contributed by atoms with Gasteiger partial charge < -0.3 is 10.1 Å². The molecular formula is C19H20F3NO2. The van der Waals surface area contributed by atoms with Crippen molar-refractivity contribution in [1.29, 1.82) is 0 Å². The number of carbonyl (C=O) groups is 1. The number of carbonyl (C=O) groups excluding carboxylic acids is 1. The number of halogens is 3. The molecule has 0 aliphatic heterocycles. The van der Waals surface area contributed by atoms with Crippen molar-refractivity contribution in [3.05, 3.63) is 65.2 Å². The maximum Gasteiger partial charge on any atom is 0.573 e. The quantitative estimate of drug-likeness (QED) is 0.796. The van der Waals surface area contributed by atoms with E-state index in [0.29, 0.717) is 12.8 Å². The summed E-state index contributed by atoms with van der Waals surface area (Å²) in [5.74, 6) is -0.496. The molecule has 0 aliphatic rings. The Balaban J connectivity index is 1.79. The highest BCUT2D eigenvalue weighted by Crippen LogP contribution is 2.26. The van der Waals surface area contributed by atoms with E-state index in [-0.39, 0.29) is 23.8 Å². The summed E-state index contributed by atoms with van der Waals surface area (Å²) in [5.41, 5.74) is 2.62. The van der Waals surface area contributed by atoms with Gasteiger partial charge in [-0.2, -0.15) is 0 Å². The Kier molecular flexibility index (Phi) is 6.44. The number of benzene rings is 2. The molecule has 2 rings (SSSR count). The third kappa shape index (κ3) is 6.87. The molecule has 0 saturated heterocycles. The number of amides is 1. The van der Waals surface area contributed by atoms with E-state index in [4.69, 9.17) is 0 Å². The fourth-order valence-corrected chi connectivity index (χ4v) is 2.36. The zero-order valence-corrected chi connectivity index (χ0v) is 13.9. The molecule has 0 unspecified atom stereocenters. The lowest BCUT2D eigenvalue weighted by Crippen LogP contribution is -2.24. The van der Waals surface area contributed by atoms with Crippen LogP contribution < -0.4 is 10.1 Å². The Labute approximate surface area is 144 Å². The van der Waals surface area contributed by atoms with Gasteiger partial charge in [-0.3, -0.25) is 4.79 Å². The van der Waals surface area contributed by atoms with Crippen LogP contribution in [-0.4, -0.2) is 12.3 Å². The zero-order chi connectivity index (χ0) is 18.3. The number of hydrogen-bond donors (Lipinski definition) is 1. The first kappa shape index (κ1) is 18.8. The number of aryl methyl sites for hydroxylation is 2. The number of para-hydroxylation sites is 1. The molecule has 134 valence electrons. The minimum atomic E-state index is -4.76. The second-order valence-electron chi connectivity index (χ2n) is 5.77. The molecule has 0 heterocycles. The topological polar surface area (TPSA) is 38.3 Å². The molecule has 0 bridgehead atoms. The van der Waals surface area contributed by atoms with Crippen molar-refractivity contribution in [1.82, 2.24) is 5.32 Å². The van der Waals surface area contributed by atoms with E-state index in [1.165, 1.54) is 23.8 Å². The Morgan fingerprint density at radius 3 is 2.44 bits per heavy atom. The van der Waals surface area contributed by atoms with E-state index in [1.807, 2.05) is 31.2 Å². The second kappa shape index (κ2) is 8.55. The van der Waals surface area contributed by atoms with Gasteiger partial charge in [0.1, 0.15) is 5.75 Å². The van der Waals surface area contributed by atoms with E-state index >= 15 is 0 Å². The molecule has 1 N–H and O–H groups in total. The Bertz CT molecular complexity index is 697. The summed E-state index contributed by atoms with van der Waals surface area (Å²) in [4.78, 5) is 11.9. The van der Waals surface area contributed by atoms with Crippen molar-refractivity contribution in [2.75, 3.05) is 0 Å². The third-order valence-corrected chi connectivity index (χ3v) is 3.66. The maximum absolute atomic E-state index is 12.4. The van der Waals surface area contributed by atoms with Gasteiger partial charge in [-0.25, -0.2) is 0 Å². The summed E-state index contributed by atoms with van der Waals surface area (Å²) in [5, 5.41) is 2.63. The monoisotopic (exact) mass is 351 g/mol.